The van der Waals surface area contributed by atoms with Crippen molar-refractivity contribution >= 4 is 22.3 Å². The number of carboxylic acids is 1. The molecule has 3 rings (SSSR count). The number of carbonyl (C=O) groups is 1. The van der Waals surface area contributed by atoms with Crippen molar-refractivity contribution in [2.75, 3.05) is 0 Å². The summed E-state index contributed by atoms with van der Waals surface area (Å²) in [5, 5.41) is 10.7. The van der Waals surface area contributed by atoms with Gasteiger partial charge in [0.25, 0.3) is 0 Å². The molecule has 0 unspecified atom stereocenters. The van der Waals surface area contributed by atoms with Gasteiger partial charge < -0.3 is 10.1 Å². The second-order valence-corrected chi connectivity index (χ2v) is 4.84. The highest BCUT2D eigenvalue weighted by Gasteiger charge is 2.10. The predicted molar refractivity (Wildman–Crippen MR) is 68.8 cm³/mol. The first-order chi connectivity index (χ1) is 8.74. The highest BCUT2D eigenvalue weighted by atomic mass is 32.1. The van der Waals surface area contributed by atoms with Crippen LogP contribution in [0.4, 0.5) is 0 Å². The van der Waals surface area contributed by atoms with Gasteiger partial charge in [-0.15, -0.1) is 11.3 Å². The van der Waals surface area contributed by atoms with Crippen LogP contribution in [0.15, 0.2) is 30.0 Å². The first-order valence-corrected chi connectivity index (χ1v) is 6.42. The molecule has 0 fully saturated rings. The maximum absolute atomic E-state index is 10.6. The number of aliphatic carboxylic acids is 1. The number of carboxylic acid groups (broad SMARTS) is 1. The number of fused-ring (bicyclic) bond motifs is 1. The monoisotopic (exact) mass is 261 g/mol. The first kappa shape index (κ1) is 11.0. The summed E-state index contributed by atoms with van der Waals surface area (Å²) in [6.07, 6.45) is 6.37. The number of aromatic nitrogens is 3. The number of nitrogens with zero attached hydrogens (tertiary/aromatic N) is 2. The van der Waals surface area contributed by atoms with E-state index in [0.29, 0.717) is 6.42 Å². The van der Waals surface area contributed by atoms with E-state index in [1.54, 1.807) is 0 Å². The van der Waals surface area contributed by atoms with Gasteiger partial charge in [-0.2, -0.15) is 0 Å². The molecule has 0 saturated carbocycles. The van der Waals surface area contributed by atoms with Crippen LogP contribution >= 0.6 is 11.3 Å². The van der Waals surface area contributed by atoms with Gasteiger partial charge >= 0.3 is 5.97 Å². The Hall–Kier alpha value is -2.08. The molecule has 0 aliphatic rings. The van der Waals surface area contributed by atoms with E-state index in [1.807, 2.05) is 34.4 Å². The highest BCUT2D eigenvalue weighted by Crippen LogP contribution is 2.23. The molecule has 0 aliphatic heterocycles. The number of rotatable bonds is 4. The maximum Gasteiger partial charge on any atom is 0.303 e. The molecular formula is C12H11N3O2S. The minimum atomic E-state index is -0.777. The van der Waals surface area contributed by atoms with Crippen LogP contribution in [0.5, 0.6) is 0 Å². The van der Waals surface area contributed by atoms with Gasteiger partial charge in [-0.25, -0.2) is 4.98 Å². The van der Waals surface area contributed by atoms with Gasteiger partial charge in [-0.3, -0.25) is 9.20 Å². The zero-order valence-corrected chi connectivity index (χ0v) is 10.3. The SMILES string of the molecule is O=C(O)CCc1csc2nc(-c3cc[nH]c3)cn12. The minimum absolute atomic E-state index is 0.142. The zero-order valence-electron chi connectivity index (χ0n) is 9.46. The molecule has 18 heavy (non-hydrogen) atoms. The number of aryl methyl sites for hydroxylation is 1. The standard InChI is InChI=1S/C12H11N3O2S/c16-11(17)2-1-9-7-18-12-14-10(6-15(9)12)8-3-4-13-5-8/h3-7,13H,1-2H2,(H,16,17). The zero-order chi connectivity index (χ0) is 12.5. The Labute approximate surface area is 107 Å². The number of hydrogen-bond donors (Lipinski definition) is 2. The van der Waals surface area contributed by atoms with Crippen LogP contribution in [0.1, 0.15) is 12.1 Å². The second kappa shape index (κ2) is 4.30. The Bertz CT molecular complexity index is 681. The van der Waals surface area contributed by atoms with Gasteiger partial charge in [0.2, 0.25) is 0 Å². The van der Waals surface area contributed by atoms with Crippen molar-refractivity contribution in [2.24, 2.45) is 0 Å². The number of nitrogens with one attached hydrogen (secondary N) is 1. The number of imidazole rings is 1. The third-order valence-corrected chi connectivity index (χ3v) is 3.66. The van der Waals surface area contributed by atoms with Crippen molar-refractivity contribution in [3.63, 3.8) is 0 Å². The van der Waals surface area contributed by atoms with Crippen LogP contribution in [0.2, 0.25) is 0 Å². The number of aromatic amines is 1. The third kappa shape index (κ3) is 1.91. The van der Waals surface area contributed by atoms with Gasteiger partial charge in [0.05, 0.1) is 12.1 Å². The second-order valence-electron chi connectivity index (χ2n) is 4.00. The Kier molecular flexibility index (Phi) is 2.64. The summed E-state index contributed by atoms with van der Waals surface area (Å²) >= 11 is 1.53. The van der Waals surface area contributed by atoms with Crippen LogP contribution < -0.4 is 0 Å². The van der Waals surface area contributed by atoms with E-state index < -0.39 is 5.97 Å². The minimum Gasteiger partial charge on any atom is -0.481 e. The fourth-order valence-electron chi connectivity index (χ4n) is 1.87. The maximum atomic E-state index is 10.6. The summed E-state index contributed by atoms with van der Waals surface area (Å²) in [7, 11) is 0. The third-order valence-electron chi connectivity index (χ3n) is 2.77. The lowest BCUT2D eigenvalue weighted by atomic mass is 10.2. The van der Waals surface area contributed by atoms with E-state index in [9.17, 15) is 4.79 Å². The van der Waals surface area contributed by atoms with Crippen LogP contribution in [0.3, 0.4) is 0 Å². The van der Waals surface area contributed by atoms with Crippen LogP contribution in [-0.4, -0.2) is 25.4 Å². The summed E-state index contributed by atoms with van der Waals surface area (Å²) in [6, 6.07) is 1.96. The molecule has 6 heteroatoms. The van der Waals surface area contributed by atoms with E-state index in [4.69, 9.17) is 5.11 Å². The summed E-state index contributed by atoms with van der Waals surface area (Å²) in [6.45, 7) is 0. The van der Waals surface area contributed by atoms with Gasteiger partial charge in [0.15, 0.2) is 4.96 Å². The summed E-state index contributed by atoms with van der Waals surface area (Å²) in [5.41, 5.74) is 2.93. The Balaban J connectivity index is 1.95. The molecule has 3 heterocycles. The van der Waals surface area contributed by atoms with E-state index in [0.717, 1.165) is 21.9 Å². The van der Waals surface area contributed by atoms with Gasteiger partial charge in [0.1, 0.15) is 0 Å². The molecule has 0 spiro atoms. The summed E-state index contributed by atoms with van der Waals surface area (Å²) in [5.74, 6) is -0.777. The van der Waals surface area contributed by atoms with Crippen LogP contribution in [0.25, 0.3) is 16.2 Å². The number of H-pyrrole nitrogens is 1. The van der Waals surface area contributed by atoms with Crippen molar-refractivity contribution in [2.45, 2.75) is 12.8 Å². The van der Waals surface area contributed by atoms with Gasteiger partial charge in [-0.1, -0.05) is 0 Å². The lowest BCUT2D eigenvalue weighted by Crippen LogP contribution is -1.99. The molecule has 0 amide bonds. The topological polar surface area (TPSA) is 70.4 Å². The lowest BCUT2D eigenvalue weighted by molar-refractivity contribution is -0.136. The van der Waals surface area contributed by atoms with Gasteiger partial charge in [-0.05, 0) is 12.5 Å². The quantitative estimate of drug-likeness (QED) is 0.757. The van der Waals surface area contributed by atoms with E-state index in [2.05, 4.69) is 9.97 Å². The first-order valence-electron chi connectivity index (χ1n) is 5.54. The van der Waals surface area contributed by atoms with Gasteiger partial charge in [0, 0.05) is 35.2 Å². The molecule has 0 radical (unpaired) electrons. The molecule has 0 saturated heterocycles. The molecule has 0 aliphatic carbocycles. The molecule has 3 aromatic rings. The van der Waals surface area contributed by atoms with E-state index >= 15 is 0 Å². The normalized spacial score (nSPS) is 11.1. The highest BCUT2D eigenvalue weighted by molar-refractivity contribution is 7.15. The molecule has 2 N–H and O–H groups in total. The Morgan fingerprint density at radius 3 is 3.17 bits per heavy atom. The average molecular weight is 261 g/mol. The van der Waals surface area contributed by atoms with Crippen LogP contribution in [-0.2, 0) is 11.2 Å². The average Bonchev–Trinajstić information content (AvgIpc) is 3.02. The largest absolute Gasteiger partial charge is 0.481 e. The molecule has 92 valence electrons. The summed E-state index contributed by atoms with van der Waals surface area (Å²) < 4.78 is 1.97. The van der Waals surface area contributed by atoms with Crippen LogP contribution in [0, 0.1) is 0 Å². The van der Waals surface area contributed by atoms with Crippen molar-refractivity contribution in [1.82, 2.24) is 14.4 Å². The summed E-state index contributed by atoms with van der Waals surface area (Å²) in [4.78, 5) is 19.0. The van der Waals surface area contributed by atoms with E-state index in [-0.39, 0.29) is 6.42 Å². The molecular weight excluding hydrogens is 250 g/mol. The number of hydrogen-bond acceptors (Lipinski definition) is 3. The van der Waals surface area contributed by atoms with E-state index in [1.165, 1.54) is 11.3 Å². The smallest absolute Gasteiger partial charge is 0.303 e. The molecule has 3 aromatic heterocycles. The van der Waals surface area contributed by atoms with Crippen molar-refractivity contribution in [3.8, 4) is 11.3 Å². The fourth-order valence-corrected chi connectivity index (χ4v) is 2.77. The molecule has 5 nitrogen and oxygen atoms in total. The predicted octanol–water partition coefficient (Wildman–Crippen LogP) is 2.41. The lowest BCUT2D eigenvalue weighted by Gasteiger charge is -1.95. The fraction of sp³-hybridized carbons (Fsp3) is 0.167. The molecule has 0 aromatic carbocycles. The Morgan fingerprint density at radius 1 is 1.56 bits per heavy atom. The molecule has 0 bridgehead atoms. The molecule has 0 atom stereocenters. The van der Waals surface area contributed by atoms with Crippen molar-refractivity contribution in [3.05, 3.63) is 35.7 Å². The van der Waals surface area contributed by atoms with Crippen molar-refractivity contribution < 1.29 is 9.90 Å². The number of thiazole rings is 1. The van der Waals surface area contributed by atoms with Crippen molar-refractivity contribution in [1.29, 1.82) is 0 Å². The Morgan fingerprint density at radius 2 is 2.44 bits per heavy atom.